The zero-order valence-electron chi connectivity index (χ0n) is 18.5. The molecule has 35 heavy (non-hydrogen) atoms. The molecule has 8 heteroatoms. The Bertz CT molecular complexity index is 1410. The number of anilines is 1. The van der Waals surface area contributed by atoms with Crippen molar-refractivity contribution in [2.75, 3.05) is 4.90 Å². The molecule has 0 saturated carbocycles. The molecule has 4 aromatic rings. The number of nitrogens with zero attached hydrogens (tertiary/aromatic N) is 3. The summed E-state index contributed by atoms with van der Waals surface area (Å²) in [4.78, 5) is 22.5. The van der Waals surface area contributed by atoms with Crippen LogP contribution >= 0.6 is 23.2 Å². The summed E-state index contributed by atoms with van der Waals surface area (Å²) in [6.45, 7) is -0.250. The van der Waals surface area contributed by atoms with Crippen molar-refractivity contribution >= 4 is 35.2 Å². The second kappa shape index (κ2) is 9.66. The fourth-order valence-electron chi connectivity index (χ4n) is 4.55. The minimum atomic E-state index is -1.17. The van der Waals surface area contributed by atoms with Crippen molar-refractivity contribution in [3.05, 3.63) is 111 Å². The SMILES string of the molecule is O=C(O)N(Cc1ccccc1)c1nc(CO)c2c(n1)-c1ccccc1[C@H](c1ccc(Cl)c(Cl)c1)C2. The predicted molar refractivity (Wildman–Crippen MR) is 136 cm³/mol. The minimum absolute atomic E-state index is 0.0342. The van der Waals surface area contributed by atoms with Gasteiger partial charge in [-0.25, -0.2) is 19.7 Å². The third-order valence-electron chi connectivity index (χ3n) is 6.23. The van der Waals surface area contributed by atoms with Crippen LogP contribution in [0, 0.1) is 0 Å². The molecule has 0 unspecified atom stereocenters. The quantitative estimate of drug-likeness (QED) is 0.331. The standard InChI is InChI=1S/C27H21Cl2N3O3/c28-22-11-10-17(12-23(22)29)20-13-21-24(15-33)30-26(31-25(21)19-9-5-4-8-18(19)20)32(27(34)35)14-16-6-2-1-3-7-16/h1-12,20,33H,13-15H2,(H,34,35)/t20-/m0/s1. The van der Waals surface area contributed by atoms with E-state index >= 15 is 0 Å². The van der Waals surface area contributed by atoms with Crippen molar-refractivity contribution < 1.29 is 15.0 Å². The number of aromatic nitrogens is 2. The van der Waals surface area contributed by atoms with E-state index in [-0.39, 0.29) is 25.0 Å². The van der Waals surface area contributed by atoms with Crippen molar-refractivity contribution in [2.45, 2.75) is 25.5 Å². The van der Waals surface area contributed by atoms with Gasteiger partial charge in [0.2, 0.25) is 5.95 Å². The molecule has 1 heterocycles. The van der Waals surface area contributed by atoms with Gasteiger partial charge in [0.25, 0.3) is 0 Å². The number of hydrogen-bond acceptors (Lipinski definition) is 4. The maximum Gasteiger partial charge on any atom is 0.414 e. The van der Waals surface area contributed by atoms with Crippen LogP contribution in [0.25, 0.3) is 11.3 Å². The van der Waals surface area contributed by atoms with Crippen LogP contribution in [-0.4, -0.2) is 26.3 Å². The molecular weight excluding hydrogens is 485 g/mol. The summed E-state index contributed by atoms with van der Waals surface area (Å²) >= 11 is 12.5. The molecule has 1 aromatic heterocycles. The lowest BCUT2D eigenvalue weighted by molar-refractivity contribution is 0.201. The Morgan fingerprint density at radius 2 is 1.71 bits per heavy atom. The minimum Gasteiger partial charge on any atom is -0.465 e. The molecule has 1 amide bonds. The number of aliphatic hydroxyl groups excluding tert-OH is 1. The van der Waals surface area contributed by atoms with E-state index in [2.05, 4.69) is 4.98 Å². The predicted octanol–water partition coefficient (Wildman–Crippen LogP) is 6.32. The first-order valence-corrected chi connectivity index (χ1v) is 11.8. The second-order valence-corrected chi connectivity index (χ2v) is 9.14. The Labute approximate surface area is 212 Å². The molecule has 176 valence electrons. The Kier molecular flexibility index (Phi) is 6.43. The summed E-state index contributed by atoms with van der Waals surface area (Å²) in [5.41, 5.74) is 5.53. The molecule has 5 rings (SSSR count). The van der Waals surface area contributed by atoms with Gasteiger partial charge in [0, 0.05) is 17.0 Å². The van der Waals surface area contributed by atoms with Crippen LogP contribution in [0.5, 0.6) is 0 Å². The molecule has 1 aliphatic carbocycles. The molecule has 6 nitrogen and oxygen atoms in total. The topological polar surface area (TPSA) is 86.5 Å². The zero-order valence-corrected chi connectivity index (χ0v) is 20.0. The monoisotopic (exact) mass is 505 g/mol. The smallest absolute Gasteiger partial charge is 0.414 e. The van der Waals surface area contributed by atoms with Crippen LogP contribution in [0.3, 0.4) is 0 Å². The average molecular weight is 506 g/mol. The van der Waals surface area contributed by atoms with Gasteiger partial charge in [0.15, 0.2) is 0 Å². The van der Waals surface area contributed by atoms with E-state index in [1.165, 1.54) is 0 Å². The van der Waals surface area contributed by atoms with Gasteiger partial charge in [0.05, 0.1) is 34.6 Å². The molecular formula is C27H21Cl2N3O3. The normalized spacial score (nSPS) is 14.2. The van der Waals surface area contributed by atoms with Crippen LogP contribution in [0.1, 0.15) is 33.9 Å². The van der Waals surface area contributed by atoms with E-state index in [4.69, 9.17) is 28.2 Å². The second-order valence-electron chi connectivity index (χ2n) is 8.33. The molecule has 1 atom stereocenters. The molecule has 0 bridgehead atoms. The van der Waals surface area contributed by atoms with Crippen molar-refractivity contribution in [2.24, 2.45) is 0 Å². The number of fused-ring (bicyclic) bond motifs is 3. The third-order valence-corrected chi connectivity index (χ3v) is 6.97. The summed E-state index contributed by atoms with van der Waals surface area (Å²) in [5, 5.41) is 21.1. The Balaban J connectivity index is 1.63. The van der Waals surface area contributed by atoms with Crippen LogP contribution in [0.15, 0.2) is 72.8 Å². The number of amides is 1. The van der Waals surface area contributed by atoms with Crippen LogP contribution < -0.4 is 4.90 Å². The first-order chi connectivity index (χ1) is 17.0. The lowest BCUT2D eigenvalue weighted by Crippen LogP contribution is -2.31. The number of carboxylic acid groups (broad SMARTS) is 1. The van der Waals surface area contributed by atoms with Crippen molar-refractivity contribution in [3.8, 4) is 11.3 Å². The highest BCUT2D eigenvalue weighted by Crippen LogP contribution is 2.44. The molecule has 1 aliphatic rings. The fourth-order valence-corrected chi connectivity index (χ4v) is 4.86. The van der Waals surface area contributed by atoms with E-state index in [0.29, 0.717) is 27.9 Å². The van der Waals surface area contributed by atoms with Gasteiger partial charge in [-0.3, -0.25) is 0 Å². The Hall–Kier alpha value is -3.45. The summed E-state index contributed by atoms with van der Waals surface area (Å²) in [7, 11) is 0. The number of halogens is 2. The molecule has 0 saturated heterocycles. The van der Waals surface area contributed by atoms with Crippen molar-refractivity contribution in [1.29, 1.82) is 0 Å². The van der Waals surface area contributed by atoms with Gasteiger partial charge in [-0.2, -0.15) is 0 Å². The van der Waals surface area contributed by atoms with E-state index in [0.717, 1.165) is 32.7 Å². The summed E-state index contributed by atoms with van der Waals surface area (Å²) in [5.74, 6) is -0.0138. The molecule has 0 fully saturated rings. The van der Waals surface area contributed by atoms with E-state index < -0.39 is 6.09 Å². The highest BCUT2D eigenvalue weighted by Gasteiger charge is 2.31. The van der Waals surface area contributed by atoms with Crippen molar-refractivity contribution in [1.82, 2.24) is 9.97 Å². The lowest BCUT2D eigenvalue weighted by atomic mass is 9.77. The highest BCUT2D eigenvalue weighted by molar-refractivity contribution is 6.42. The van der Waals surface area contributed by atoms with Crippen LogP contribution in [0.2, 0.25) is 10.0 Å². The van der Waals surface area contributed by atoms with Gasteiger partial charge in [-0.05, 0) is 35.2 Å². The molecule has 0 radical (unpaired) electrons. The van der Waals surface area contributed by atoms with E-state index in [9.17, 15) is 15.0 Å². The Morgan fingerprint density at radius 3 is 2.43 bits per heavy atom. The maximum absolute atomic E-state index is 12.2. The molecule has 0 spiro atoms. The molecule has 3 aromatic carbocycles. The first kappa shape index (κ1) is 23.3. The molecule has 0 aliphatic heterocycles. The van der Waals surface area contributed by atoms with Gasteiger partial charge >= 0.3 is 6.09 Å². The van der Waals surface area contributed by atoms with Gasteiger partial charge in [-0.15, -0.1) is 0 Å². The lowest BCUT2D eigenvalue weighted by Gasteiger charge is -2.30. The highest BCUT2D eigenvalue weighted by atomic mass is 35.5. The van der Waals surface area contributed by atoms with Gasteiger partial charge in [-0.1, -0.05) is 83.9 Å². The summed E-state index contributed by atoms with van der Waals surface area (Å²) < 4.78 is 0. The van der Waals surface area contributed by atoms with E-state index in [1.54, 1.807) is 6.07 Å². The van der Waals surface area contributed by atoms with E-state index in [1.807, 2.05) is 66.7 Å². The number of benzene rings is 3. The third kappa shape index (κ3) is 4.48. The fraction of sp³-hybridized carbons (Fsp3) is 0.148. The van der Waals surface area contributed by atoms with Crippen molar-refractivity contribution in [3.63, 3.8) is 0 Å². The average Bonchev–Trinajstić information content (AvgIpc) is 2.88. The first-order valence-electron chi connectivity index (χ1n) is 11.1. The zero-order chi connectivity index (χ0) is 24.5. The van der Waals surface area contributed by atoms with Gasteiger partial charge < -0.3 is 10.2 Å². The van der Waals surface area contributed by atoms with Crippen LogP contribution in [0.4, 0.5) is 10.7 Å². The summed E-state index contributed by atoms with van der Waals surface area (Å²) in [6, 6.07) is 22.7. The van der Waals surface area contributed by atoms with Gasteiger partial charge in [0.1, 0.15) is 0 Å². The number of carbonyl (C=O) groups is 1. The largest absolute Gasteiger partial charge is 0.465 e. The number of rotatable bonds is 5. The van der Waals surface area contributed by atoms with Crippen LogP contribution in [-0.2, 0) is 19.6 Å². The molecule has 2 N–H and O–H groups in total. The summed E-state index contributed by atoms with van der Waals surface area (Å²) in [6.07, 6.45) is -0.637. The maximum atomic E-state index is 12.2. The Morgan fingerprint density at radius 1 is 0.971 bits per heavy atom. The number of hydrogen-bond donors (Lipinski definition) is 2. The number of aliphatic hydroxyl groups is 1.